The van der Waals surface area contributed by atoms with Crippen LogP contribution in [0.25, 0.3) is 0 Å². The lowest BCUT2D eigenvalue weighted by Gasteiger charge is -2.24. The Labute approximate surface area is 195 Å². The topological polar surface area (TPSA) is 179 Å². The van der Waals surface area contributed by atoms with Crippen molar-refractivity contribution >= 4 is 60.7 Å². The van der Waals surface area contributed by atoms with Gasteiger partial charge in [0.05, 0.1) is 12.4 Å². The molecule has 31 heavy (non-hydrogen) atoms. The van der Waals surface area contributed by atoms with Crippen LogP contribution in [0, 0.1) is 0 Å². The van der Waals surface area contributed by atoms with Gasteiger partial charge in [0.2, 0.25) is 17.7 Å². The number of nitrogens with two attached hydrogens (primary N) is 1. The van der Waals surface area contributed by atoms with E-state index in [0.717, 1.165) is 0 Å². The molecule has 0 bridgehead atoms. The zero-order valence-corrected chi connectivity index (χ0v) is 19.5. The molecule has 7 N–H and O–H groups in total. The van der Waals surface area contributed by atoms with E-state index in [2.05, 4.69) is 51.2 Å². The summed E-state index contributed by atoms with van der Waals surface area (Å²) in [6, 6.07) is -4.13. The van der Waals surface area contributed by atoms with Crippen LogP contribution in [0.4, 0.5) is 0 Å². The van der Waals surface area contributed by atoms with E-state index in [1.807, 2.05) is 6.26 Å². The predicted molar refractivity (Wildman–Crippen MR) is 124 cm³/mol. The molecule has 4 unspecified atom stereocenters. The molecule has 0 saturated heterocycles. The summed E-state index contributed by atoms with van der Waals surface area (Å²) in [7, 11) is 0. The molecule has 1 aromatic heterocycles. The molecule has 14 heteroatoms. The third kappa shape index (κ3) is 9.41. The molecule has 0 aliphatic rings. The molecule has 0 aliphatic heterocycles. The largest absolute Gasteiger partial charge is 0.480 e. The predicted octanol–water partition coefficient (Wildman–Crippen LogP) is -1.57. The quantitative estimate of drug-likeness (QED) is 0.143. The molecule has 0 fully saturated rings. The highest BCUT2D eigenvalue weighted by atomic mass is 32.2. The molecular weight excluding hydrogens is 464 g/mol. The highest BCUT2D eigenvalue weighted by Gasteiger charge is 2.29. The van der Waals surface area contributed by atoms with Gasteiger partial charge in [-0.1, -0.05) is 0 Å². The molecule has 11 nitrogen and oxygen atoms in total. The lowest BCUT2D eigenvalue weighted by molar-refractivity contribution is -0.141. The first kappa shape index (κ1) is 27.1. The number of aromatic nitrogens is 2. The van der Waals surface area contributed by atoms with Crippen molar-refractivity contribution in [2.24, 2.45) is 5.73 Å². The van der Waals surface area contributed by atoms with Crippen LogP contribution in [0.2, 0.25) is 0 Å². The van der Waals surface area contributed by atoms with Crippen molar-refractivity contribution in [3.63, 3.8) is 0 Å². The number of hydrogen-bond donors (Lipinski definition) is 8. The van der Waals surface area contributed by atoms with Crippen LogP contribution in [0.3, 0.4) is 0 Å². The van der Waals surface area contributed by atoms with E-state index in [1.165, 1.54) is 18.1 Å². The fourth-order valence-corrected chi connectivity index (χ4v) is 3.41. The first-order valence-corrected chi connectivity index (χ1v) is 12.0. The van der Waals surface area contributed by atoms with Crippen LogP contribution in [-0.4, -0.2) is 86.4 Å². The number of carbonyl (C=O) groups is 4. The highest BCUT2D eigenvalue weighted by Crippen LogP contribution is 2.04. The molecule has 174 valence electrons. The van der Waals surface area contributed by atoms with Gasteiger partial charge in [0.15, 0.2) is 0 Å². The average molecular weight is 493 g/mol. The first-order chi connectivity index (χ1) is 14.7. The van der Waals surface area contributed by atoms with Gasteiger partial charge in [0, 0.05) is 29.8 Å². The standard InChI is InChI=1S/C17H28N6O5S3/c1-31-3-2-11(15(25)23-13(7-30)17(27)28)21-16(26)12(6-29)22-14(24)10(18)4-9-5-19-8-20-9/h5,8,10-13,29-30H,2-4,6-7,18H2,1H3,(H,19,20)(H,21,26)(H,22,24)(H,23,25)(H,27,28). The van der Waals surface area contributed by atoms with Crippen LogP contribution in [-0.2, 0) is 25.6 Å². The number of nitrogens with one attached hydrogen (secondary N) is 4. The number of imidazole rings is 1. The Morgan fingerprint density at radius 2 is 1.68 bits per heavy atom. The van der Waals surface area contributed by atoms with Gasteiger partial charge in [0.1, 0.15) is 18.1 Å². The van der Waals surface area contributed by atoms with Gasteiger partial charge in [-0.05, 0) is 18.4 Å². The van der Waals surface area contributed by atoms with Gasteiger partial charge in [-0.25, -0.2) is 9.78 Å². The number of aromatic amines is 1. The second-order valence-electron chi connectivity index (χ2n) is 6.56. The number of thiol groups is 2. The lowest BCUT2D eigenvalue weighted by atomic mass is 10.1. The summed E-state index contributed by atoms with van der Waals surface area (Å²) in [5, 5.41) is 16.5. The van der Waals surface area contributed by atoms with E-state index in [0.29, 0.717) is 11.4 Å². The molecule has 0 saturated carbocycles. The minimum Gasteiger partial charge on any atom is -0.480 e. The molecule has 4 atom stereocenters. The number of amides is 3. The maximum Gasteiger partial charge on any atom is 0.327 e. The van der Waals surface area contributed by atoms with Gasteiger partial charge < -0.3 is 31.8 Å². The summed E-state index contributed by atoms with van der Waals surface area (Å²) < 4.78 is 0. The second-order valence-corrected chi connectivity index (χ2v) is 8.27. The molecule has 0 radical (unpaired) electrons. The molecule has 1 rings (SSSR count). The minimum atomic E-state index is -1.23. The first-order valence-electron chi connectivity index (χ1n) is 9.30. The van der Waals surface area contributed by atoms with Crippen molar-refractivity contribution < 1.29 is 24.3 Å². The molecule has 0 aliphatic carbocycles. The molecule has 3 amide bonds. The van der Waals surface area contributed by atoms with Gasteiger partial charge in [-0.15, -0.1) is 0 Å². The van der Waals surface area contributed by atoms with Crippen LogP contribution in [0.5, 0.6) is 0 Å². The third-order valence-electron chi connectivity index (χ3n) is 4.19. The maximum absolute atomic E-state index is 12.7. The summed E-state index contributed by atoms with van der Waals surface area (Å²) >= 11 is 9.48. The maximum atomic E-state index is 12.7. The molecule has 1 heterocycles. The summed E-state index contributed by atoms with van der Waals surface area (Å²) in [4.78, 5) is 55.4. The number of aliphatic carboxylic acids is 1. The monoisotopic (exact) mass is 492 g/mol. The third-order valence-corrected chi connectivity index (χ3v) is 5.56. The number of H-pyrrole nitrogens is 1. The van der Waals surface area contributed by atoms with Crippen molar-refractivity contribution in [3.8, 4) is 0 Å². The minimum absolute atomic E-state index is 0.0282. The van der Waals surface area contributed by atoms with Crippen LogP contribution in [0.15, 0.2) is 12.5 Å². The number of nitrogens with zero attached hydrogens (tertiary/aromatic N) is 1. The SMILES string of the molecule is CSCCC(NC(=O)C(CS)NC(=O)C(N)Cc1cnc[nH]1)C(=O)NC(CS)C(=O)O. The fraction of sp³-hybridized carbons (Fsp3) is 0.588. The number of carboxylic acids is 1. The average Bonchev–Trinajstić information content (AvgIpc) is 3.25. The molecule has 0 spiro atoms. The number of carboxylic acid groups (broad SMARTS) is 1. The normalized spacial score (nSPS) is 14.7. The van der Waals surface area contributed by atoms with Crippen molar-refractivity contribution in [2.45, 2.75) is 37.0 Å². The van der Waals surface area contributed by atoms with E-state index < -0.39 is 47.9 Å². The van der Waals surface area contributed by atoms with Gasteiger partial charge >= 0.3 is 5.97 Å². The number of hydrogen-bond acceptors (Lipinski definition) is 9. The molecular formula is C17H28N6O5S3. The summed E-state index contributed by atoms with van der Waals surface area (Å²) in [6.45, 7) is 0. The van der Waals surface area contributed by atoms with Gasteiger partial charge in [0.25, 0.3) is 0 Å². The van der Waals surface area contributed by atoms with Crippen LogP contribution in [0.1, 0.15) is 12.1 Å². The van der Waals surface area contributed by atoms with Crippen LogP contribution >= 0.6 is 37.0 Å². The Balaban J connectivity index is 2.75. The Morgan fingerprint density at radius 3 is 2.19 bits per heavy atom. The Kier molecular flexibility index (Phi) is 12.4. The number of thioether (sulfide) groups is 1. The Bertz CT molecular complexity index is 736. The van der Waals surface area contributed by atoms with Crippen molar-refractivity contribution in [1.29, 1.82) is 0 Å². The van der Waals surface area contributed by atoms with E-state index in [4.69, 9.17) is 10.8 Å². The van der Waals surface area contributed by atoms with Crippen molar-refractivity contribution in [2.75, 3.05) is 23.5 Å². The number of rotatable bonds is 14. The van der Waals surface area contributed by atoms with Gasteiger partial charge in [-0.2, -0.15) is 37.0 Å². The smallest absolute Gasteiger partial charge is 0.327 e. The van der Waals surface area contributed by atoms with E-state index in [1.54, 1.807) is 6.20 Å². The van der Waals surface area contributed by atoms with E-state index >= 15 is 0 Å². The van der Waals surface area contributed by atoms with Crippen LogP contribution < -0.4 is 21.7 Å². The van der Waals surface area contributed by atoms with E-state index in [-0.39, 0.29) is 24.3 Å². The summed E-state index contributed by atoms with van der Waals surface area (Å²) in [5.74, 6) is -2.66. The fourth-order valence-electron chi connectivity index (χ4n) is 2.43. The lowest BCUT2D eigenvalue weighted by Crippen LogP contribution is -2.58. The molecule has 1 aromatic rings. The molecule has 0 aromatic carbocycles. The summed E-state index contributed by atoms with van der Waals surface area (Å²) in [5.41, 5.74) is 6.55. The highest BCUT2D eigenvalue weighted by molar-refractivity contribution is 7.98. The number of carbonyl (C=O) groups excluding carboxylic acids is 3. The Morgan fingerprint density at radius 1 is 1.10 bits per heavy atom. The second kappa shape index (κ2) is 14.2. The summed E-state index contributed by atoms with van der Waals surface area (Å²) in [6.07, 6.45) is 5.31. The zero-order chi connectivity index (χ0) is 23.4. The van der Waals surface area contributed by atoms with Crippen molar-refractivity contribution in [1.82, 2.24) is 25.9 Å². The van der Waals surface area contributed by atoms with Gasteiger partial charge in [-0.3, -0.25) is 14.4 Å². The van der Waals surface area contributed by atoms with E-state index in [9.17, 15) is 19.2 Å². The zero-order valence-electron chi connectivity index (χ0n) is 16.9. The Hall–Kier alpha value is -1.90. The van der Waals surface area contributed by atoms with Crippen molar-refractivity contribution in [3.05, 3.63) is 18.2 Å².